The molecule has 0 saturated heterocycles. The van der Waals surface area contributed by atoms with E-state index in [0.717, 1.165) is 31.3 Å². The number of hydrogen-bond acceptors (Lipinski definition) is 1. The molecule has 2 aliphatic carbocycles. The Labute approximate surface area is 73.2 Å². The molecule has 1 atom stereocenters. The van der Waals surface area contributed by atoms with Crippen molar-refractivity contribution < 1.29 is 4.79 Å². The van der Waals surface area contributed by atoms with Crippen molar-refractivity contribution in [2.75, 3.05) is 0 Å². The van der Waals surface area contributed by atoms with Crippen molar-refractivity contribution in [3.8, 4) is 0 Å². The molecule has 64 valence electrons. The Bertz CT molecular complexity index is 271. The van der Waals surface area contributed by atoms with Crippen molar-refractivity contribution in [1.29, 1.82) is 0 Å². The third-order valence-corrected chi connectivity index (χ3v) is 2.71. The summed E-state index contributed by atoms with van der Waals surface area (Å²) in [7, 11) is 0. The summed E-state index contributed by atoms with van der Waals surface area (Å²) < 4.78 is 0. The van der Waals surface area contributed by atoms with Crippen LogP contribution in [-0.4, -0.2) is 5.78 Å². The highest BCUT2D eigenvalue weighted by atomic mass is 16.1. The predicted molar refractivity (Wildman–Crippen MR) is 48.8 cm³/mol. The molecular formula is C11H14O. The van der Waals surface area contributed by atoms with E-state index < -0.39 is 0 Å². The van der Waals surface area contributed by atoms with Gasteiger partial charge in [-0.1, -0.05) is 24.6 Å². The van der Waals surface area contributed by atoms with Crippen LogP contribution in [0.5, 0.6) is 0 Å². The number of carbonyl (C=O) groups excluding carboxylic acids is 1. The van der Waals surface area contributed by atoms with Crippen molar-refractivity contribution in [3.63, 3.8) is 0 Å². The lowest BCUT2D eigenvalue weighted by Crippen LogP contribution is -2.17. The van der Waals surface area contributed by atoms with Crippen molar-refractivity contribution >= 4 is 5.78 Å². The number of hydrogen-bond donors (Lipinski definition) is 0. The first kappa shape index (κ1) is 7.78. The third kappa shape index (κ3) is 1.24. The van der Waals surface area contributed by atoms with Gasteiger partial charge >= 0.3 is 0 Å². The molecule has 0 bridgehead atoms. The third-order valence-electron chi connectivity index (χ3n) is 2.71. The number of carbonyl (C=O) groups is 1. The van der Waals surface area contributed by atoms with Gasteiger partial charge in [0.2, 0.25) is 0 Å². The van der Waals surface area contributed by atoms with Crippen LogP contribution in [0.15, 0.2) is 23.3 Å². The van der Waals surface area contributed by atoms with Gasteiger partial charge in [-0.15, -0.1) is 0 Å². The summed E-state index contributed by atoms with van der Waals surface area (Å²) in [5.41, 5.74) is 2.43. The van der Waals surface area contributed by atoms with Gasteiger partial charge in [-0.05, 0) is 25.2 Å². The number of allylic oxidation sites excluding steroid dienone is 4. The first-order chi connectivity index (χ1) is 5.77. The topological polar surface area (TPSA) is 17.1 Å². The van der Waals surface area contributed by atoms with E-state index >= 15 is 0 Å². The van der Waals surface area contributed by atoms with E-state index in [0.29, 0.717) is 11.7 Å². The second-order valence-electron chi connectivity index (χ2n) is 3.89. The van der Waals surface area contributed by atoms with Crippen LogP contribution in [0.25, 0.3) is 0 Å². The van der Waals surface area contributed by atoms with Crippen LogP contribution in [0, 0.1) is 5.92 Å². The zero-order chi connectivity index (χ0) is 8.55. The molecular weight excluding hydrogens is 148 g/mol. The van der Waals surface area contributed by atoms with E-state index in [1.807, 2.05) is 6.08 Å². The maximum atomic E-state index is 11.5. The molecule has 0 heterocycles. The number of Topliss-reactive ketones (excluding diaryl/α,β-unsaturated/α-hetero) is 1. The average Bonchev–Trinajstić information content (AvgIpc) is 2.04. The summed E-state index contributed by atoms with van der Waals surface area (Å²) in [5, 5.41) is 0. The highest BCUT2D eigenvalue weighted by molar-refractivity contribution is 5.99. The summed E-state index contributed by atoms with van der Waals surface area (Å²) in [6, 6.07) is 0. The highest BCUT2D eigenvalue weighted by Crippen LogP contribution is 2.32. The Morgan fingerprint density at radius 2 is 2.25 bits per heavy atom. The minimum atomic E-state index is 0.361. The van der Waals surface area contributed by atoms with Crippen LogP contribution >= 0.6 is 0 Å². The molecule has 0 aromatic heterocycles. The molecule has 0 aromatic rings. The van der Waals surface area contributed by atoms with Crippen LogP contribution in [0.2, 0.25) is 0 Å². The average molecular weight is 162 g/mol. The lowest BCUT2D eigenvalue weighted by Gasteiger charge is -2.24. The smallest absolute Gasteiger partial charge is 0.163 e. The minimum absolute atomic E-state index is 0.361. The largest absolute Gasteiger partial charge is 0.294 e. The molecule has 0 fully saturated rings. The van der Waals surface area contributed by atoms with Gasteiger partial charge in [0.25, 0.3) is 0 Å². The van der Waals surface area contributed by atoms with E-state index in [9.17, 15) is 4.79 Å². The number of rotatable bonds is 0. The van der Waals surface area contributed by atoms with E-state index in [4.69, 9.17) is 0 Å². The predicted octanol–water partition coefficient (Wildman–Crippen LogP) is 2.63. The Balaban J connectivity index is 2.33. The molecule has 2 rings (SSSR count). The van der Waals surface area contributed by atoms with E-state index in [1.54, 1.807) is 0 Å². The maximum absolute atomic E-state index is 11.5. The Morgan fingerprint density at radius 3 is 3.08 bits per heavy atom. The molecule has 0 radical (unpaired) electrons. The molecule has 12 heavy (non-hydrogen) atoms. The standard InChI is InChI=1S/C11H14O/c1-8-6-9-4-2-3-5-10(9)11(12)7-8/h3,5,8H,2,4,6-7H2,1H3. The van der Waals surface area contributed by atoms with Gasteiger partial charge in [0, 0.05) is 12.0 Å². The fourth-order valence-electron chi connectivity index (χ4n) is 2.13. The first-order valence-corrected chi connectivity index (χ1v) is 4.69. The fourth-order valence-corrected chi connectivity index (χ4v) is 2.13. The molecule has 0 saturated carbocycles. The molecule has 1 nitrogen and oxygen atoms in total. The second kappa shape index (κ2) is 2.89. The van der Waals surface area contributed by atoms with Gasteiger partial charge in [-0.3, -0.25) is 4.79 Å². The zero-order valence-electron chi connectivity index (χ0n) is 7.47. The molecule has 2 aliphatic rings. The van der Waals surface area contributed by atoms with Gasteiger partial charge in [-0.25, -0.2) is 0 Å². The lowest BCUT2D eigenvalue weighted by molar-refractivity contribution is -0.116. The normalized spacial score (nSPS) is 29.1. The fraction of sp³-hybridized carbons (Fsp3) is 0.545. The quantitative estimate of drug-likeness (QED) is 0.535. The van der Waals surface area contributed by atoms with Gasteiger partial charge in [0.15, 0.2) is 5.78 Å². The highest BCUT2D eigenvalue weighted by Gasteiger charge is 2.23. The van der Waals surface area contributed by atoms with Crippen LogP contribution in [-0.2, 0) is 4.79 Å². The number of ketones is 1. The first-order valence-electron chi connectivity index (χ1n) is 4.69. The summed E-state index contributed by atoms with van der Waals surface area (Å²) in [4.78, 5) is 11.5. The lowest BCUT2D eigenvalue weighted by atomic mass is 9.80. The van der Waals surface area contributed by atoms with Gasteiger partial charge < -0.3 is 0 Å². The van der Waals surface area contributed by atoms with Gasteiger partial charge in [-0.2, -0.15) is 0 Å². The van der Waals surface area contributed by atoms with Crippen LogP contribution < -0.4 is 0 Å². The molecule has 0 N–H and O–H groups in total. The molecule has 0 spiro atoms. The van der Waals surface area contributed by atoms with Crippen molar-refractivity contribution in [1.82, 2.24) is 0 Å². The molecule has 0 aromatic carbocycles. The van der Waals surface area contributed by atoms with Crippen LogP contribution in [0.1, 0.15) is 32.6 Å². The zero-order valence-corrected chi connectivity index (χ0v) is 7.47. The van der Waals surface area contributed by atoms with Crippen molar-refractivity contribution in [2.24, 2.45) is 5.92 Å². The Kier molecular flexibility index (Phi) is 1.87. The summed E-state index contributed by atoms with van der Waals surface area (Å²) in [6.45, 7) is 2.17. The maximum Gasteiger partial charge on any atom is 0.163 e. The molecule has 0 aliphatic heterocycles. The molecule has 0 amide bonds. The van der Waals surface area contributed by atoms with Crippen LogP contribution in [0.3, 0.4) is 0 Å². The van der Waals surface area contributed by atoms with E-state index in [1.165, 1.54) is 5.57 Å². The van der Waals surface area contributed by atoms with Crippen molar-refractivity contribution in [3.05, 3.63) is 23.3 Å². The van der Waals surface area contributed by atoms with Crippen molar-refractivity contribution in [2.45, 2.75) is 32.6 Å². The Hall–Kier alpha value is -0.850. The summed E-state index contributed by atoms with van der Waals surface area (Å²) in [6.07, 6.45) is 8.27. The van der Waals surface area contributed by atoms with E-state index in [-0.39, 0.29) is 0 Å². The van der Waals surface area contributed by atoms with Crippen LogP contribution in [0.4, 0.5) is 0 Å². The molecule has 1 unspecified atom stereocenters. The minimum Gasteiger partial charge on any atom is -0.294 e. The van der Waals surface area contributed by atoms with E-state index in [2.05, 4.69) is 13.0 Å². The molecule has 1 heteroatoms. The Morgan fingerprint density at radius 1 is 1.42 bits per heavy atom. The summed E-state index contributed by atoms with van der Waals surface area (Å²) >= 11 is 0. The SMILES string of the molecule is CC1CC(=O)C2=C(CCC=C2)C1. The van der Waals surface area contributed by atoms with Gasteiger partial charge in [0.1, 0.15) is 0 Å². The summed E-state index contributed by atoms with van der Waals surface area (Å²) in [5.74, 6) is 0.933. The monoisotopic (exact) mass is 162 g/mol. The van der Waals surface area contributed by atoms with Gasteiger partial charge in [0.05, 0.1) is 0 Å². The second-order valence-corrected chi connectivity index (χ2v) is 3.89.